The number of rotatable bonds is 6. The number of ether oxygens (including phenoxy) is 1. The van der Waals surface area contributed by atoms with Gasteiger partial charge in [0.05, 0.1) is 29.9 Å². The maximum absolute atomic E-state index is 13.1. The van der Waals surface area contributed by atoms with Crippen molar-refractivity contribution in [2.75, 3.05) is 6.61 Å². The van der Waals surface area contributed by atoms with Crippen LogP contribution in [-0.4, -0.2) is 32.1 Å². The monoisotopic (exact) mass is 393 g/mol. The number of carbonyl (C=O) groups is 1. The Labute approximate surface area is 167 Å². The third-order valence-electron chi connectivity index (χ3n) is 4.91. The van der Waals surface area contributed by atoms with Crippen LogP contribution in [0.5, 0.6) is 5.88 Å². The molecule has 0 saturated carbocycles. The number of hydrogen-bond acceptors (Lipinski definition) is 6. The molecule has 148 valence electrons. The fourth-order valence-corrected chi connectivity index (χ4v) is 3.33. The fourth-order valence-electron chi connectivity index (χ4n) is 3.33. The molecule has 1 aliphatic heterocycles. The summed E-state index contributed by atoms with van der Waals surface area (Å²) >= 11 is 0. The summed E-state index contributed by atoms with van der Waals surface area (Å²) in [6, 6.07) is 5.62. The van der Waals surface area contributed by atoms with Gasteiger partial charge in [-0.1, -0.05) is 0 Å². The number of carbonyl (C=O) groups excluding carboxylic acids is 1. The van der Waals surface area contributed by atoms with Crippen molar-refractivity contribution in [2.24, 2.45) is 5.73 Å². The third kappa shape index (κ3) is 3.87. The standard InChI is InChI=1S/C21H20FN5O2/c1-13(28)17(21(23)14-4-6-15(22)7-5-14)12-29-20-11-24-18(10-25-20)16-9-26-27-8-2-3-19(16)27/h4-7,9-11H,2-3,8,12,23H2,1H3/b21-17-. The first-order valence-corrected chi connectivity index (χ1v) is 9.28. The predicted molar refractivity (Wildman–Crippen MR) is 105 cm³/mol. The zero-order valence-electron chi connectivity index (χ0n) is 15.9. The lowest BCUT2D eigenvalue weighted by Gasteiger charge is -2.11. The lowest BCUT2D eigenvalue weighted by Crippen LogP contribution is -2.15. The van der Waals surface area contributed by atoms with Crippen molar-refractivity contribution < 1.29 is 13.9 Å². The number of halogens is 1. The lowest BCUT2D eigenvalue weighted by atomic mass is 10.0. The molecule has 8 heteroatoms. The van der Waals surface area contributed by atoms with Gasteiger partial charge in [0.15, 0.2) is 5.78 Å². The van der Waals surface area contributed by atoms with Crippen LogP contribution in [0.25, 0.3) is 17.0 Å². The van der Waals surface area contributed by atoms with E-state index in [1.54, 1.807) is 12.4 Å². The van der Waals surface area contributed by atoms with E-state index in [2.05, 4.69) is 15.1 Å². The molecular weight excluding hydrogens is 373 g/mol. The predicted octanol–water partition coefficient (Wildman–Crippen LogP) is 2.76. The molecule has 0 saturated heterocycles. The molecule has 0 amide bonds. The summed E-state index contributed by atoms with van der Waals surface area (Å²) in [7, 11) is 0. The van der Waals surface area contributed by atoms with Crippen LogP contribution in [0.3, 0.4) is 0 Å². The first kappa shape index (κ1) is 18.8. The molecule has 0 spiro atoms. The zero-order valence-corrected chi connectivity index (χ0v) is 15.9. The smallest absolute Gasteiger partial charge is 0.232 e. The summed E-state index contributed by atoms with van der Waals surface area (Å²) in [6.07, 6.45) is 7.01. The molecule has 0 unspecified atom stereocenters. The third-order valence-corrected chi connectivity index (χ3v) is 4.91. The van der Waals surface area contributed by atoms with Gasteiger partial charge in [0, 0.05) is 23.5 Å². The minimum Gasteiger partial charge on any atom is -0.471 e. The topological polar surface area (TPSA) is 95.9 Å². The van der Waals surface area contributed by atoms with Gasteiger partial charge in [0.1, 0.15) is 12.4 Å². The minimum atomic E-state index is -0.374. The highest BCUT2D eigenvalue weighted by molar-refractivity contribution is 6.00. The van der Waals surface area contributed by atoms with Crippen LogP contribution in [0.1, 0.15) is 24.6 Å². The molecule has 29 heavy (non-hydrogen) atoms. The second-order valence-corrected chi connectivity index (χ2v) is 6.82. The van der Waals surface area contributed by atoms with Crippen LogP contribution < -0.4 is 10.5 Å². The highest BCUT2D eigenvalue weighted by atomic mass is 19.1. The van der Waals surface area contributed by atoms with Crippen LogP contribution >= 0.6 is 0 Å². The second kappa shape index (κ2) is 7.83. The summed E-state index contributed by atoms with van der Waals surface area (Å²) in [5, 5.41) is 4.36. The molecule has 4 rings (SSSR count). The molecule has 0 radical (unpaired) electrons. The summed E-state index contributed by atoms with van der Waals surface area (Å²) in [5.74, 6) is -0.323. The molecular formula is C21H20FN5O2. The molecule has 0 atom stereocenters. The van der Waals surface area contributed by atoms with E-state index in [0.717, 1.165) is 30.6 Å². The number of ketones is 1. The van der Waals surface area contributed by atoms with Crippen molar-refractivity contribution in [1.82, 2.24) is 19.7 Å². The number of Topliss-reactive ketones (excluding diaryl/α,β-unsaturated/α-hetero) is 1. The van der Waals surface area contributed by atoms with Gasteiger partial charge in [0.25, 0.3) is 0 Å². The normalized spacial score (nSPS) is 13.7. The number of nitrogens with zero attached hydrogens (tertiary/aromatic N) is 4. The fraction of sp³-hybridized carbons (Fsp3) is 0.238. The van der Waals surface area contributed by atoms with Crippen LogP contribution in [-0.2, 0) is 17.8 Å². The summed E-state index contributed by atoms with van der Waals surface area (Å²) < 4.78 is 20.7. The Morgan fingerprint density at radius 2 is 2.00 bits per heavy atom. The molecule has 1 aliphatic rings. The summed E-state index contributed by atoms with van der Waals surface area (Å²) in [5.41, 5.74) is 10.1. The van der Waals surface area contributed by atoms with E-state index in [4.69, 9.17) is 10.5 Å². The largest absolute Gasteiger partial charge is 0.471 e. The molecule has 1 aromatic carbocycles. The van der Waals surface area contributed by atoms with E-state index in [-0.39, 0.29) is 35.4 Å². The van der Waals surface area contributed by atoms with E-state index in [0.29, 0.717) is 5.56 Å². The van der Waals surface area contributed by atoms with Crippen molar-refractivity contribution in [3.05, 3.63) is 65.5 Å². The van der Waals surface area contributed by atoms with Gasteiger partial charge < -0.3 is 10.5 Å². The molecule has 3 aromatic rings. The van der Waals surface area contributed by atoms with Gasteiger partial charge in [-0.15, -0.1) is 0 Å². The van der Waals surface area contributed by atoms with Crippen LogP contribution in [0.15, 0.2) is 48.4 Å². The molecule has 0 aliphatic carbocycles. The second-order valence-electron chi connectivity index (χ2n) is 6.82. The number of hydrogen-bond donors (Lipinski definition) is 1. The van der Waals surface area contributed by atoms with E-state index in [1.165, 1.54) is 43.1 Å². The number of nitrogens with two attached hydrogens (primary N) is 1. The summed E-state index contributed by atoms with van der Waals surface area (Å²) in [4.78, 5) is 20.7. The Hall–Kier alpha value is -3.55. The molecule has 2 N–H and O–H groups in total. The van der Waals surface area contributed by atoms with Gasteiger partial charge in [-0.2, -0.15) is 5.10 Å². The maximum atomic E-state index is 13.1. The highest BCUT2D eigenvalue weighted by Gasteiger charge is 2.18. The zero-order chi connectivity index (χ0) is 20.4. The van der Waals surface area contributed by atoms with E-state index >= 15 is 0 Å². The van der Waals surface area contributed by atoms with Crippen LogP contribution in [0.2, 0.25) is 0 Å². The van der Waals surface area contributed by atoms with Gasteiger partial charge in [-0.05, 0) is 49.6 Å². The van der Waals surface area contributed by atoms with Crippen molar-refractivity contribution >= 4 is 11.5 Å². The number of fused-ring (bicyclic) bond motifs is 1. The first-order valence-electron chi connectivity index (χ1n) is 9.28. The van der Waals surface area contributed by atoms with Gasteiger partial charge in [0.2, 0.25) is 5.88 Å². The Balaban J connectivity index is 1.50. The van der Waals surface area contributed by atoms with E-state index < -0.39 is 0 Å². The van der Waals surface area contributed by atoms with Crippen molar-refractivity contribution in [3.8, 4) is 17.1 Å². The SMILES string of the molecule is CC(=O)/C(COc1cnc(-c2cnn3c2CCC3)cn1)=C(\N)c1ccc(F)cc1. The first-order chi connectivity index (χ1) is 14.0. The van der Waals surface area contributed by atoms with Gasteiger partial charge in [-0.3, -0.25) is 9.48 Å². The molecule has 3 heterocycles. The maximum Gasteiger partial charge on any atom is 0.232 e. The molecule has 2 aromatic heterocycles. The van der Waals surface area contributed by atoms with Crippen molar-refractivity contribution in [2.45, 2.75) is 26.3 Å². The number of aryl methyl sites for hydroxylation is 1. The van der Waals surface area contributed by atoms with E-state index in [1.807, 2.05) is 4.68 Å². The summed E-state index contributed by atoms with van der Waals surface area (Å²) in [6.45, 7) is 2.28. The molecule has 0 fully saturated rings. The molecule has 0 bridgehead atoms. The Bertz CT molecular complexity index is 1070. The molecule has 7 nitrogen and oxygen atoms in total. The number of benzene rings is 1. The Kier molecular flexibility index (Phi) is 5.07. The van der Waals surface area contributed by atoms with Gasteiger partial charge >= 0.3 is 0 Å². The number of aromatic nitrogens is 4. The van der Waals surface area contributed by atoms with E-state index in [9.17, 15) is 9.18 Å². The van der Waals surface area contributed by atoms with Crippen LogP contribution in [0, 0.1) is 5.82 Å². The van der Waals surface area contributed by atoms with Crippen molar-refractivity contribution in [3.63, 3.8) is 0 Å². The Morgan fingerprint density at radius 1 is 1.21 bits per heavy atom. The average molecular weight is 393 g/mol. The van der Waals surface area contributed by atoms with Crippen molar-refractivity contribution in [1.29, 1.82) is 0 Å². The minimum absolute atomic E-state index is 0.0598. The van der Waals surface area contributed by atoms with Crippen LogP contribution in [0.4, 0.5) is 4.39 Å². The quantitative estimate of drug-likeness (QED) is 0.647. The highest BCUT2D eigenvalue weighted by Crippen LogP contribution is 2.27. The van der Waals surface area contributed by atoms with Gasteiger partial charge in [-0.25, -0.2) is 14.4 Å². The Morgan fingerprint density at radius 3 is 2.69 bits per heavy atom. The lowest BCUT2D eigenvalue weighted by molar-refractivity contribution is -0.113. The average Bonchev–Trinajstić information content (AvgIpc) is 3.33.